The monoisotopic (exact) mass is 292 g/mol. The van der Waals surface area contributed by atoms with Crippen molar-refractivity contribution in [1.82, 2.24) is 4.90 Å². The van der Waals surface area contributed by atoms with Crippen LogP contribution in [-0.4, -0.2) is 29.3 Å². The smallest absolute Gasteiger partial charge is 0.264 e. The predicted molar refractivity (Wildman–Crippen MR) is 80.0 cm³/mol. The lowest BCUT2D eigenvalue weighted by atomic mass is 10.0. The fraction of sp³-hybridized carbons (Fsp3) is 0.600. The number of nitrogens with zero attached hydrogens (tertiary/aromatic N) is 1. The summed E-state index contributed by atoms with van der Waals surface area (Å²) in [5.41, 5.74) is 0. The number of piperidine rings is 1. The van der Waals surface area contributed by atoms with Crippen molar-refractivity contribution in [3.63, 3.8) is 0 Å². The van der Waals surface area contributed by atoms with Crippen LogP contribution in [0.15, 0.2) is 12.1 Å². The number of amides is 2. The first-order chi connectivity index (χ1) is 9.65. The summed E-state index contributed by atoms with van der Waals surface area (Å²) in [4.78, 5) is 26.9. The molecule has 1 unspecified atom stereocenters. The number of rotatable bonds is 3. The Morgan fingerprint density at radius 2 is 2.05 bits per heavy atom. The largest absolute Gasteiger partial charge is 0.335 e. The maximum Gasteiger partial charge on any atom is 0.264 e. The molecule has 20 heavy (non-hydrogen) atoms. The maximum atomic E-state index is 12.5. The number of carbonyl (C=O) groups excluding carboxylic acids is 2. The van der Waals surface area contributed by atoms with Gasteiger partial charge in [0, 0.05) is 18.5 Å². The fourth-order valence-corrected chi connectivity index (χ4v) is 3.50. The fourth-order valence-electron chi connectivity index (χ4n) is 2.63. The molecule has 2 fully saturated rings. The molecule has 1 atom stereocenters. The van der Waals surface area contributed by atoms with Gasteiger partial charge in [-0.1, -0.05) is 0 Å². The molecule has 0 bridgehead atoms. The van der Waals surface area contributed by atoms with Gasteiger partial charge in [0.15, 0.2) is 0 Å². The van der Waals surface area contributed by atoms with Crippen molar-refractivity contribution in [3.8, 4) is 0 Å². The average Bonchev–Trinajstić information content (AvgIpc) is 3.19. The van der Waals surface area contributed by atoms with E-state index >= 15 is 0 Å². The SMILES string of the molecule is CC1CCCCN1C(=O)c1ccc(NC(=O)C2CC2)s1. The zero-order valence-electron chi connectivity index (χ0n) is 11.7. The first-order valence-electron chi connectivity index (χ1n) is 7.37. The molecule has 4 nitrogen and oxygen atoms in total. The highest BCUT2D eigenvalue weighted by Crippen LogP contribution is 2.32. The standard InChI is InChI=1S/C15H20N2O2S/c1-10-4-2-3-9-17(10)15(19)12-7-8-13(20-12)16-14(18)11-5-6-11/h7-8,10-11H,2-6,9H2,1H3,(H,16,18). The molecular weight excluding hydrogens is 272 g/mol. The van der Waals surface area contributed by atoms with Crippen molar-refractivity contribution >= 4 is 28.2 Å². The summed E-state index contributed by atoms with van der Waals surface area (Å²) in [6, 6.07) is 3.99. The molecule has 108 valence electrons. The van der Waals surface area contributed by atoms with Gasteiger partial charge < -0.3 is 10.2 Å². The molecule has 5 heteroatoms. The Morgan fingerprint density at radius 1 is 1.25 bits per heavy atom. The van der Waals surface area contributed by atoms with Crippen LogP contribution in [0.25, 0.3) is 0 Å². The zero-order chi connectivity index (χ0) is 14.1. The van der Waals surface area contributed by atoms with Crippen LogP contribution in [0.4, 0.5) is 5.00 Å². The molecule has 1 aliphatic carbocycles. The van der Waals surface area contributed by atoms with Crippen LogP contribution >= 0.6 is 11.3 Å². The molecule has 1 aromatic rings. The van der Waals surface area contributed by atoms with Crippen LogP contribution in [0.2, 0.25) is 0 Å². The van der Waals surface area contributed by atoms with Gasteiger partial charge in [0.2, 0.25) is 5.91 Å². The number of likely N-dealkylation sites (tertiary alicyclic amines) is 1. The van der Waals surface area contributed by atoms with Gasteiger partial charge in [-0.3, -0.25) is 9.59 Å². The molecule has 1 saturated heterocycles. The molecule has 1 N–H and O–H groups in total. The number of anilines is 1. The van der Waals surface area contributed by atoms with E-state index in [9.17, 15) is 9.59 Å². The Hall–Kier alpha value is -1.36. The van der Waals surface area contributed by atoms with E-state index in [2.05, 4.69) is 12.2 Å². The molecule has 1 aromatic heterocycles. The van der Waals surface area contributed by atoms with Crippen molar-refractivity contribution in [2.75, 3.05) is 11.9 Å². The second-order valence-electron chi connectivity index (χ2n) is 5.77. The lowest BCUT2D eigenvalue weighted by molar-refractivity contribution is -0.117. The van der Waals surface area contributed by atoms with Crippen LogP contribution in [0.1, 0.15) is 48.7 Å². The van der Waals surface area contributed by atoms with Gasteiger partial charge in [-0.15, -0.1) is 11.3 Å². The van der Waals surface area contributed by atoms with E-state index in [-0.39, 0.29) is 17.7 Å². The second-order valence-corrected chi connectivity index (χ2v) is 6.85. The first kappa shape index (κ1) is 13.6. The Kier molecular flexibility index (Phi) is 3.78. The third-order valence-corrected chi connectivity index (χ3v) is 5.06. The van der Waals surface area contributed by atoms with Gasteiger partial charge >= 0.3 is 0 Å². The van der Waals surface area contributed by atoms with Gasteiger partial charge in [-0.2, -0.15) is 0 Å². The number of nitrogens with one attached hydrogen (secondary N) is 1. The minimum atomic E-state index is 0.0946. The third kappa shape index (κ3) is 2.87. The molecule has 2 aliphatic rings. The van der Waals surface area contributed by atoms with E-state index in [4.69, 9.17) is 0 Å². The minimum absolute atomic E-state index is 0.0946. The maximum absolute atomic E-state index is 12.5. The summed E-state index contributed by atoms with van der Waals surface area (Å²) in [6.07, 6.45) is 5.37. The quantitative estimate of drug-likeness (QED) is 0.930. The molecule has 0 radical (unpaired) electrons. The summed E-state index contributed by atoms with van der Waals surface area (Å²) in [6.45, 7) is 2.96. The average molecular weight is 292 g/mol. The zero-order valence-corrected chi connectivity index (χ0v) is 12.5. The highest BCUT2D eigenvalue weighted by atomic mass is 32.1. The van der Waals surface area contributed by atoms with E-state index in [1.165, 1.54) is 17.8 Å². The van der Waals surface area contributed by atoms with Crippen LogP contribution in [-0.2, 0) is 4.79 Å². The van der Waals surface area contributed by atoms with Crippen molar-refractivity contribution in [2.24, 2.45) is 5.92 Å². The van der Waals surface area contributed by atoms with Gasteiger partial charge in [-0.25, -0.2) is 0 Å². The number of hydrogen-bond acceptors (Lipinski definition) is 3. The van der Waals surface area contributed by atoms with E-state index in [0.29, 0.717) is 6.04 Å². The molecule has 1 saturated carbocycles. The van der Waals surface area contributed by atoms with E-state index in [0.717, 1.165) is 42.1 Å². The van der Waals surface area contributed by atoms with Gasteiger partial charge in [0.25, 0.3) is 5.91 Å². The number of hydrogen-bond donors (Lipinski definition) is 1. The summed E-state index contributed by atoms with van der Waals surface area (Å²) >= 11 is 1.39. The van der Waals surface area contributed by atoms with Gasteiger partial charge in [-0.05, 0) is 51.2 Å². The Labute approximate surface area is 123 Å². The highest BCUT2D eigenvalue weighted by molar-refractivity contribution is 7.18. The summed E-state index contributed by atoms with van der Waals surface area (Å²) in [7, 11) is 0. The Balaban J connectivity index is 1.65. The lowest BCUT2D eigenvalue weighted by Crippen LogP contribution is -2.41. The first-order valence-corrected chi connectivity index (χ1v) is 8.18. The highest BCUT2D eigenvalue weighted by Gasteiger charge is 2.30. The van der Waals surface area contributed by atoms with Crippen LogP contribution in [0, 0.1) is 5.92 Å². The minimum Gasteiger partial charge on any atom is -0.335 e. The van der Waals surface area contributed by atoms with Crippen molar-refractivity contribution in [1.29, 1.82) is 0 Å². The molecule has 2 amide bonds. The Bertz CT molecular complexity index is 522. The number of thiophene rings is 1. The third-order valence-electron chi connectivity index (χ3n) is 4.08. The normalized spacial score (nSPS) is 22.6. The molecule has 1 aliphatic heterocycles. The van der Waals surface area contributed by atoms with Crippen LogP contribution < -0.4 is 5.32 Å². The van der Waals surface area contributed by atoms with Crippen LogP contribution in [0.5, 0.6) is 0 Å². The Morgan fingerprint density at radius 3 is 2.75 bits per heavy atom. The van der Waals surface area contributed by atoms with E-state index in [1.54, 1.807) is 0 Å². The molecule has 0 aromatic carbocycles. The second kappa shape index (κ2) is 5.56. The van der Waals surface area contributed by atoms with Crippen LogP contribution in [0.3, 0.4) is 0 Å². The van der Waals surface area contributed by atoms with Gasteiger partial charge in [0.1, 0.15) is 0 Å². The molecular formula is C15H20N2O2S. The summed E-state index contributed by atoms with van der Waals surface area (Å²) in [5, 5.41) is 3.69. The van der Waals surface area contributed by atoms with Gasteiger partial charge in [0.05, 0.1) is 9.88 Å². The molecule has 3 rings (SSSR count). The predicted octanol–water partition coefficient (Wildman–Crippen LogP) is 3.11. The summed E-state index contributed by atoms with van der Waals surface area (Å²) < 4.78 is 0. The molecule has 2 heterocycles. The lowest BCUT2D eigenvalue weighted by Gasteiger charge is -2.33. The number of carbonyl (C=O) groups is 2. The topological polar surface area (TPSA) is 49.4 Å². The van der Waals surface area contributed by atoms with E-state index in [1.807, 2.05) is 17.0 Å². The van der Waals surface area contributed by atoms with Crippen molar-refractivity contribution < 1.29 is 9.59 Å². The van der Waals surface area contributed by atoms with Crippen molar-refractivity contribution in [2.45, 2.75) is 45.1 Å². The molecule has 0 spiro atoms. The van der Waals surface area contributed by atoms with E-state index < -0.39 is 0 Å². The summed E-state index contributed by atoms with van der Waals surface area (Å²) in [5.74, 6) is 0.393. The van der Waals surface area contributed by atoms with Crippen molar-refractivity contribution in [3.05, 3.63) is 17.0 Å².